The second-order valence-electron chi connectivity index (χ2n) is 7.11. The number of hydrogen-bond acceptors (Lipinski definition) is 5. The third-order valence-electron chi connectivity index (χ3n) is 5.36. The van der Waals surface area contributed by atoms with Gasteiger partial charge in [0.05, 0.1) is 18.5 Å². The summed E-state index contributed by atoms with van der Waals surface area (Å²) in [6.45, 7) is 2.44. The molecule has 7 heteroatoms. The van der Waals surface area contributed by atoms with E-state index in [9.17, 15) is 4.79 Å². The van der Waals surface area contributed by atoms with Crippen molar-refractivity contribution < 1.29 is 9.32 Å². The lowest BCUT2D eigenvalue weighted by molar-refractivity contribution is -0.928. The van der Waals surface area contributed by atoms with Crippen molar-refractivity contribution in [2.45, 2.75) is 25.4 Å². The highest BCUT2D eigenvalue weighted by Crippen LogP contribution is 2.26. The van der Waals surface area contributed by atoms with Gasteiger partial charge in [-0.1, -0.05) is 29.5 Å². The minimum absolute atomic E-state index is 0.0748. The van der Waals surface area contributed by atoms with Crippen LogP contribution in [-0.2, 0) is 6.67 Å². The minimum atomic E-state index is -0.0748. The van der Waals surface area contributed by atoms with Crippen LogP contribution in [0.25, 0.3) is 22.0 Å². The quantitative estimate of drug-likeness (QED) is 0.595. The molecule has 1 fully saturated rings. The largest absolute Gasteiger partial charge is 0.440 e. The molecule has 0 amide bonds. The van der Waals surface area contributed by atoms with E-state index in [-0.39, 0.29) is 5.56 Å². The van der Waals surface area contributed by atoms with Crippen molar-refractivity contribution in [2.24, 2.45) is 0 Å². The first-order chi connectivity index (χ1) is 13.3. The van der Waals surface area contributed by atoms with Crippen LogP contribution in [0.4, 0.5) is 0 Å². The number of benzene rings is 2. The molecule has 0 radical (unpaired) electrons. The molecule has 3 heterocycles. The van der Waals surface area contributed by atoms with Gasteiger partial charge >= 0.3 is 0 Å². The summed E-state index contributed by atoms with van der Waals surface area (Å²) >= 11 is 0. The Kier molecular flexibility index (Phi) is 3.94. The average molecular weight is 362 g/mol. The summed E-state index contributed by atoms with van der Waals surface area (Å²) in [6, 6.07) is 15.2. The van der Waals surface area contributed by atoms with Crippen LogP contribution in [0, 0.1) is 0 Å². The van der Waals surface area contributed by atoms with E-state index in [2.05, 4.69) is 15.3 Å². The van der Waals surface area contributed by atoms with Crippen molar-refractivity contribution >= 4 is 22.0 Å². The van der Waals surface area contributed by atoms with Crippen LogP contribution in [0.1, 0.15) is 24.7 Å². The first kappa shape index (κ1) is 16.1. The molecule has 136 valence electrons. The predicted molar refractivity (Wildman–Crippen MR) is 100 cm³/mol. The van der Waals surface area contributed by atoms with Crippen LogP contribution in [0.3, 0.4) is 0 Å². The summed E-state index contributed by atoms with van der Waals surface area (Å²) in [7, 11) is 0. The molecule has 1 N–H and O–H groups in total. The zero-order chi connectivity index (χ0) is 18.2. The van der Waals surface area contributed by atoms with Gasteiger partial charge in [-0.05, 0) is 24.3 Å². The van der Waals surface area contributed by atoms with E-state index in [1.54, 1.807) is 6.07 Å². The van der Waals surface area contributed by atoms with Crippen LogP contribution < -0.4 is 10.5 Å². The van der Waals surface area contributed by atoms with E-state index < -0.39 is 0 Å². The molecule has 1 aliphatic rings. The van der Waals surface area contributed by atoms with Crippen LogP contribution in [0.5, 0.6) is 0 Å². The Bertz CT molecular complexity index is 1120. The fraction of sp³-hybridized carbons (Fsp3) is 0.300. The van der Waals surface area contributed by atoms with Gasteiger partial charge in [0, 0.05) is 18.8 Å². The molecule has 7 nitrogen and oxygen atoms in total. The molecule has 0 bridgehead atoms. The first-order valence-electron chi connectivity index (χ1n) is 9.29. The van der Waals surface area contributed by atoms with Gasteiger partial charge in [-0.2, -0.15) is 4.68 Å². The molecular formula is C20H20N5O2+. The lowest BCUT2D eigenvalue weighted by Gasteiger charge is -2.27. The van der Waals surface area contributed by atoms with Crippen molar-refractivity contribution in [1.82, 2.24) is 20.0 Å². The van der Waals surface area contributed by atoms with E-state index in [4.69, 9.17) is 4.42 Å². The highest BCUT2D eigenvalue weighted by atomic mass is 16.3. The minimum Gasteiger partial charge on any atom is -0.440 e. The normalized spacial score (nSPS) is 20.3. The van der Waals surface area contributed by atoms with Gasteiger partial charge in [-0.15, -0.1) is 5.10 Å². The summed E-state index contributed by atoms with van der Waals surface area (Å²) < 4.78 is 7.41. The molecule has 2 aromatic heterocycles. The number of nitrogens with one attached hydrogen (secondary N) is 1. The smallest absolute Gasteiger partial charge is 0.282 e. The summed E-state index contributed by atoms with van der Waals surface area (Å²) in [6.07, 6.45) is 1.97. The van der Waals surface area contributed by atoms with Crippen molar-refractivity contribution in [3.05, 3.63) is 64.8 Å². The van der Waals surface area contributed by atoms with Crippen LogP contribution in [0.2, 0.25) is 0 Å². The van der Waals surface area contributed by atoms with Gasteiger partial charge in [0.1, 0.15) is 11.0 Å². The Morgan fingerprint density at radius 3 is 2.59 bits per heavy atom. The molecule has 5 rings (SSSR count). The summed E-state index contributed by atoms with van der Waals surface area (Å²) in [5, 5.41) is 8.90. The maximum atomic E-state index is 12.6. The van der Waals surface area contributed by atoms with E-state index in [1.165, 1.54) is 9.58 Å². The average Bonchev–Trinajstić information content (AvgIpc) is 3.15. The van der Waals surface area contributed by atoms with Crippen molar-refractivity contribution in [3.63, 3.8) is 0 Å². The number of oxazole rings is 1. The van der Waals surface area contributed by atoms with Gasteiger partial charge in [-0.25, -0.2) is 4.98 Å². The topological polar surface area (TPSA) is 78.2 Å². The molecular weight excluding hydrogens is 342 g/mol. The molecule has 1 aliphatic heterocycles. The molecule has 0 unspecified atom stereocenters. The number of quaternary nitrogens is 1. The van der Waals surface area contributed by atoms with E-state index in [0.717, 1.165) is 42.9 Å². The number of para-hydroxylation sites is 2. The Morgan fingerprint density at radius 1 is 1.04 bits per heavy atom. The summed E-state index contributed by atoms with van der Waals surface area (Å²) in [5.74, 6) is 1.17. The third-order valence-corrected chi connectivity index (χ3v) is 5.36. The highest BCUT2D eigenvalue weighted by Gasteiger charge is 2.27. The number of piperidine rings is 1. The Hall–Kier alpha value is -3.06. The van der Waals surface area contributed by atoms with Crippen LogP contribution >= 0.6 is 0 Å². The van der Waals surface area contributed by atoms with Gasteiger partial charge in [-0.3, -0.25) is 4.79 Å². The maximum absolute atomic E-state index is 12.6. The van der Waals surface area contributed by atoms with Gasteiger partial charge in [0.25, 0.3) is 5.56 Å². The number of hydrogen-bond donors (Lipinski definition) is 1. The second kappa shape index (κ2) is 6.59. The first-order valence-corrected chi connectivity index (χ1v) is 9.29. The summed E-state index contributed by atoms with van der Waals surface area (Å²) in [5.41, 5.74) is 2.33. The molecule has 0 spiro atoms. The standard InChI is InChI=1S/C20H19N5O2/c26-20-15-5-1-2-6-16(15)22-23-25(20)13-24-11-9-14(10-12-24)19-21-17-7-3-4-8-18(17)27-19/h1-8,14H,9-13H2/p+1. The Balaban J connectivity index is 1.29. The van der Waals surface area contributed by atoms with E-state index in [1.807, 2.05) is 42.5 Å². The monoisotopic (exact) mass is 362 g/mol. The van der Waals surface area contributed by atoms with Crippen LogP contribution in [-0.4, -0.2) is 33.1 Å². The fourth-order valence-electron chi connectivity index (χ4n) is 3.83. The molecule has 27 heavy (non-hydrogen) atoms. The zero-order valence-corrected chi connectivity index (χ0v) is 14.8. The van der Waals surface area contributed by atoms with Crippen molar-refractivity contribution in [2.75, 3.05) is 13.1 Å². The Morgan fingerprint density at radius 2 is 1.78 bits per heavy atom. The highest BCUT2D eigenvalue weighted by molar-refractivity contribution is 5.76. The predicted octanol–water partition coefficient (Wildman–Crippen LogP) is 1.35. The van der Waals surface area contributed by atoms with Gasteiger partial charge in [0.2, 0.25) is 0 Å². The van der Waals surface area contributed by atoms with E-state index >= 15 is 0 Å². The van der Waals surface area contributed by atoms with Crippen LogP contribution in [0.15, 0.2) is 57.7 Å². The lowest BCUT2D eigenvalue weighted by Crippen LogP contribution is -3.12. The number of nitrogens with zero attached hydrogens (tertiary/aromatic N) is 4. The lowest BCUT2D eigenvalue weighted by atomic mass is 9.97. The number of aromatic nitrogens is 4. The maximum Gasteiger partial charge on any atom is 0.282 e. The molecule has 0 aliphatic carbocycles. The number of likely N-dealkylation sites (tertiary alicyclic amines) is 1. The molecule has 0 atom stereocenters. The van der Waals surface area contributed by atoms with Gasteiger partial charge in [0.15, 0.2) is 18.1 Å². The fourth-order valence-corrected chi connectivity index (χ4v) is 3.83. The number of fused-ring (bicyclic) bond motifs is 2. The van der Waals surface area contributed by atoms with Crippen molar-refractivity contribution in [1.29, 1.82) is 0 Å². The van der Waals surface area contributed by atoms with Crippen molar-refractivity contribution in [3.8, 4) is 0 Å². The zero-order valence-electron chi connectivity index (χ0n) is 14.8. The third kappa shape index (κ3) is 3.00. The number of rotatable bonds is 3. The summed E-state index contributed by atoms with van der Waals surface area (Å²) in [4.78, 5) is 18.6. The SMILES string of the molecule is O=c1c2ccccc2nnn1C[NH+]1CCC(c2nc3ccccc3o2)CC1. The Labute approximate surface area is 155 Å². The molecule has 1 saturated heterocycles. The van der Waals surface area contributed by atoms with Gasteiger partial charge < -0.3 is 9.32 Å². The molecule has 0 saturated carbocycles. The van der Waals surface area contributed by atoms with E-state index in [0.29, 0.717) is 23.5 Å². The molecule has 4 aromatic rings. The molecule has 2 aromatic carbocycles. The second-order valence-corrected chi connectivity index (χ2v) is 7.11.